The number of rotatable bonds is 4. The second-order valence-corrected chi connectivity index (χ2v) is 4.82. The minimum Gasteiger partial charge on any atom is -0.395 e. The molecule has 78 valence electrons. The van der Waals surface area contributed by atoms with Crippen LogP contribution in [0.4, 0.5) is 0 Å². The molecule has 0 heterocycles. The van der Waals surface area contributed by atoms with Crippen molar-refractivity contribution in [3.05, 3.63) is 33.4 Å². The molecule has 0 saturated carbocycles. The summed E-state index contributed by atoms with van der Waals surface area (Å²) in [6.45, 7) is 3.12. The summed E-state index contributed by atoms with van der Waals surface area (Å²) in [4.78, 5) is 2.14. The van der Waals surface area contributed by atoms with Crippen LogP contribution in [0.5, 0.6) is 0 Å². The molecule has 0 bridgehead atoms. The van der Waals surface area contributed by atoms with Gasteiger partial charge in [-0.2, -0.15) is 0 Å². The summed E-state index contributed by atoms with van der Waals surface area (Å²) in [5, 5.41) is 8.98. The van der Waals surface area contributed by atoms with Crippen molar-refractivity contribution in [3.63, 3.8) is 0 Å². The second-order valence-electron chi connectivity index (χ2n) is 3.57. The van der Waals surface area contributed by atoms with E-state index in [-0.39, 0.29) is 12.6 Å². The lowest BCUT2D eigenvalue weighted by molar-refractivity contribution is 0.154. The lowest BCUT2D eigenvalue weighted by Crippen LogP contribution is -2.31. The standard InChI is InChI=1S/C11H16INO/c1-9(8-14)13(2)7-10-3-5-11(12)6-4-10/h3-6,9,14H,7-8H2,1-2H3. The fourth-order valence-electron chi connectivity index (χ4n) is 1.17. The number of aliphatic hydroxyl groups excluding tert-OH is 1. The summed E-state index contributed by atoms with van der Waals surface area (Å²) in [6, 6.07) is 8.68. The smallest absolute Gasteiger partial charge is 0.0584 e. The molecule has 1 aromatic carbocycles. The van der Waals surface area contributed by atoms with Gasteiger partial charge < -0.3 is 5.11 Å². The van der Waals surface area contributed by atoms with Crippen LogP contribution in [-0.4, -0.2) is 29.7 Å². The zero-order chi connectivity index (χ0) is 10.6. The monoisotopic (exact) mass is 305 g/mol. The molecule has 14 heavy (non-hydrogen) atoms. The molecule has 0 radical (unpaired) electrons. The molecule has 0 aliphatic heterocycles. The van der Waals surface area contributed by atoms with Crippen molar-refractivity contribution >= 4 is 22.6 Å². The molecular formula is C11H16INO. The van der Waals surface area contributed by atoms with E-state index in [1.54, 1.807) is 0 Å². The minimum absolute atomic E-state index is 0.209. The van der Waals surface area contributed by atoms with E-state index in [2.05, 4.69) is 51.8 Å². The van der Waals surface area contributed by atoms with Crippen LogP contribution in [0.25, 0.3) is 0 Å². The SMILES string of the molecule is CC(CO)N(C)Cc1ccc(I)cc1. The number of benzene rings is 1. The predicted molar refractivity (Wildman–Crippen MR) is 67.2 cm³/mol. The predicted octanol–water partition coefficient (Wildman–Crippen LogP) is 2.10. The summed E-state index contributed by atoms with van der Waals surface area (Å²) < 4.78 is 1.25. The topological polar surface area (TPSA) is 23.5 Å². The number of halogens is 1. The van der Waals surface area contributed by atoms with Gasteiger partial charge >= 0.3 is 0 Å². The van der Waals surface area contributed by atoms with Crippen molar-refractivity contribution in [3.8, 4) is 0 Å². The number of likely N-dealkylation sites (N-methyl/N-ethyl adjacent to an activating group) is 1. The second kappa shape index (κ2) is 5.68. The highest BCUT2D eigenvalue weighted by atomic mass is 127. The number of hydrogen-bond donors (Lipinski definition) is 1. The van der Waals surface area contributed by atoms with E-state index in [0.29, 0.717) is 0 Å². The maximum absolute atomic E-state index is 8.98. The first-order chi connectivity index (χ1) is 6.63. The van der Waals surface area contributed by atoms with Crippen molar-refractivity contribution in [2.45, 2.75) is 19.5 Å². The number of aliphatic hydroxyl groups is 1. The van der Waals surface area contributed by atoms with Crippen molar-refractivity contribution in [1.82, 2.24) is 4.90 Å². The summed E-state index contributed by atoms with van der Waals surface area (Å²) in [6.07, 6.45) is 0. The van der Waals surface area contributed by atoms with Crippen molar-refractivity contribution in [2.24, 2.45) is 0 Å². The Labute approximate surface area is 99.1 Å². The van der Waals surface area contributed by atoms with Gasteiger partial charge in [-0.25, -0.2) is 0 Å². The largest absolute Gasteiger partial charge is 0.395 e. The number of nitrogens with zero attached hydrogens (tertiary/aromatic N) is 1. The Morgan fingerprint density at radius 1 is 1.36 bits per heavy atom. The quantitative estimate of drug-likeness (QED) is 0.861. The summed E-state index contributed by atoms with van der Waals surface area (Å²) >= 11 is 2.30. The summed E-state index contributed by atoms with van der Waals surface area (Å²) in [5.41, 5.74) is 1.29. The first kappa shape index (κ1) is 11.9. The molecule has 0 spiro atoms. The fourth-order valence-corrected chi connectivity index (χ4v) is 1.53. The molecule has 2 nitrogen and oxygen atoms in total. The zero-order valence-electron chi connectivity index (χ0n) is 8.57. The third-order valence-electron chi connectivity index (χ3n) is 2.36. The van der Waals surface area contributed by atoms with Gasteiger partial charge in [0.25, 0.3) is 0 Å². The Bertz CT molecular complexity index is 273. The van der Waals surface area contributed by atoms with Gasteiger partial charge in [0, 0.05) is 16.2 Å². The van der Waals surface area contributed by atoms with Crippen LogP contribution in [0.15, 0.2) is 24.3 Å². The van der Waals surface area contributed by atoms with Crippen LogP contribution in [0.1, 0.15) is 12.5 Å². The first-order valence-corrected chi connectivity index (χ1v) is 5.77. The van der Waals surface area contributed by atoms with Gasteiger partial charge in [0.1, 0.15) is 0 Å². The molecule has 1 rings (SSSR count). The van der Waals surface area contributed by atoms with Crippen molar-refractivity contribution in [1.29, 1.82) is 0 Å². The highest BCUT2D eigenvalue weighted by Gasteiger charge is 2.07. The van der Waals surface area contributed by atoms with E-state index < -0.39 is 0 Å². The van der Waals surface area contributed by atoms with Gasteiger partial charge in [-0.3, -0.25) is 4.90 Å². The van der Waals surface area contributed by atoms with E-state index in [1.165, 1.54) is 9.13 Å². The number of hydrogen-bond acceptors (Lipinski definition) is 2. The normalized spacial score (nSPS) is 13.2. The van der Waals surface area contributed by atoms with Crippen LogP contribution < -0.4 is 0 Å². The van der Waals surface area contributed by atoms with Gasteiger partial charge in [0.2, 0.25) is 0 Å². The van der Waals surface area contributed by atoms with Gasteiger partial charge in [-0.15, -0.1) is 0 Å². The highest BCUT2D eigenvalue weighted by molar-refractivity contribution is 14.1. The van der Waals surface area contributed by atoms with E-state index in [9.17, 15) is 0 Å². The third-order valence-corrected chi connectivity index (χ3v) is 3.08. The Morgan fingerprint density at radius 2 is 1.93 bits per heavy atom. The van der Waals surface area contributed by atoms with Crippen LogP contribution in [0, 0.1) is 3.57 Å². The molecule has 0 aliphatic carbocycles. The lowest BCUT2D eigenvalue weighted by atomic mass is 10.2. The molecule has 0 saturated heterocycles. The van der Waals surface area contributed by atoms with Crippen LogP contribution in [0.3, 0.4) is 0 Å². The maximum Gasteiger partial charge on any atom is 0.0584 e. The Hall–Kier alpha value is -0.130. The summed E-state index contributed by atoms with van der Waals surface area (Å²) in [7, 11) is 2.03. The molecule has 1 N–H and O–H groups in total. The van der Waals surface area contributed by atoms with Crippen molar-refractivity contribution in [2.75, 3.05) is 13.7 Å². The summed E-state index contributed by atoms with van der Waals surface area (Å²) in [5.74, 6) is 0. The first-order valence-electron chi connectivity index (χ1n) is 4.69. The molecule has 1 aromatic rings. The Kier molecular flexibility index (Phi) is 4.84. The molecule has 1 unspecified atom stereocenters. The van der Waals surface area contributed by atoms with E-state index in [4.69, 9.17) is 5.11 Å². The van der Waals surface area contributed by atoms with Gasteiger partial charge in [0.15, 0.2) is 0 Å². The van der Waals surface area contributed by atoms with E-state index >= 15 is 0 Å². The highest BCUT2D eigenvalue weighted by Crippen LogP contribution is 2.09. The van der Waals surface area contributed by atoms with Crippen LogP contribution in [-0.2, 0) is 6.54 Å². The van der Waals surface area contributed by atoms with E-state index in [0.717, 1.165) is 6.54 Å². The molecule has 3 heteroatoms. The molecule has 0 aliphatic rings. The average molecular weight is 305 g/mol. The average Bonchev–Trinajstić information content (AvgIpc) is 2.20. The fraction of sp³-hybridized carbons (Fsp3) is 0.455. The minimum atomic E-state index is 0.209. The molecule has 0 amide bonds. The van der Waals surface area contributed by atoms with E-state index in [1.807, 2.05) is 14.0 Å². The molecule has 0 aromatic heterocycles. The zero-order valence-corrected chi connectivity index (χ0v) is 10.7. The van der Waals surface area contributed by atoms with Crippen molar-refractivity contribution < 1.29 is 5.11 Å². The van der Waals surface area contributed by atoms with Crippen LogP contribution >= 0.6 is 22.6 Å². The molecule has 1 atom stereocenters. The lowest BCUT2D eigenvalue weighted by Gasteiger charge is -2.22. The van der Waals surface area contributed by atoms with Gasteiger partial charge in [-0.1, -0.05) is 12.1 Å². The molecular weight excluding hydrogens is 289 g/mol. The third kappa shape index (κ3) is 3.55. The van der Waals surface area contributed by atoms with Gasteiger partial charge in [-0.05, 0) is 54.3 Å². The molecule has 0 fully saturated rings. The Balaban J connectivity index is 2.56. The van der Waals surface area contributed by atoms with Gasteiger partial charge in [0.05, 0.1) is 6.61 Å². The maximum atomic E-state index is 8.98. The Morgan fingerprint density at radius 3 is 2.43 bits per heavy atom. The van der Waals surface area contributed by atoms with Crippen LogP contribution in [0.2, 0.25) is 0 Å².